The van der Waals surface area contributed by atoms with Crippen molar-refractivity contribution >= 4 is 35.4 Å². The summed E-state index contributed by atoms with van der Waals surface area (Å²) in [5.41, 5.74) is 10.6. The number of carbonyl (C=O) groups is 6. The Morgan fingerprint density at radius 2 is 0.643 bits per heavy atom. The van der Waals surface area contributed by atoms with Crippen LogP contribution >= 0.6 is 0 Å². The molecule has 0 bridgehead atoms. The first kappa shape index (κ1) is 102. The van der Waals surface area contributed by atoms with Gasteiger partial charge in [0.2, 0.25) is 5.91 Å². The first-order valence-corrected chi connectivity index (χ1v) is 42.0. The number of esters is 3. The molecule has 9 aliphatic heterocycles. The number of ketones is 2. The van der Waals surface area contributed by atoms with E-state index < -0.39 is 107 Å². The van der Waals surface area contributed by atoms with Crippen molar-refractivity contribution in [2.75, 3.05) is 106 Å². The van der Waals surface area contributed by atoms with E-state index in [-0.39, 0.29) is 145 Å². The summed E-state index contributed by atoms with van der Waals surface area (Å²) in [5, 5.41) is 18.3. The van der Waals surface area contributed by atoms with Crippen LogP contribution in [-0.4, -0.2) is 277 Å². The zero-order chi connectivity index (χ0) is 85.3. The molecular weight excluding hydrogens is 1510 g/mol. The number of carbonyl (C=O) groups excluding carboxylic acids is 6. The summed E-state index contributed by atoms with van der Waals surface area (Å²) in [4.78, 5) is 72.1. The van der Waals surface area contributed by atoms with Gasteiger partial charge in [-0.1, -0.05) is 51.9 Å². The molecule has 9 aliphatic rings. The minimum atomic E-state index is -1.13. The largest absolute Gasteiger partial charge is 0.466 e. The third-order valence-electron chi connectivity index (χ3n) is 20.3. The van der Waals surface area contributed by atoms with Gasteiger partial charge < -0.3 is 141 Å². The number of hydrogen-bond acceptors (Lipinski definition) is 32. The van der Waals surface area contributed by atoms with Crippen LogP contribution in [0, 0.1) is 0 Å². The lowest BCUT2D eigenvalue weighted by Gasteiger charge is -2.30. The Morgan fingerprint density at radius 1 is 0.357 bits per heavy atom. The lowest BCUT2D eigenvalue weighted by atomic mass is 10.0. The van der Waals surface area contributed by atoms with Gasteiger partial charge in [-0.2, -0.15) is 0 Å². The first-order valence-electron chi connectivity index (χ1n) is 42.0. The quantitative estimate of drug-likeness (QED) is 0.0217. The van der Waals surface area contributed by atoms with Crippen LogP contribution in [0.4, 0.5) is 0 Å². The van der Waals surface area contributed by atoms with Gasteiger partial charge in [-0.15, -0.1) is 0 Å². The number of aliphatic hydroxyl groups is 2. The highest BCUT2D eigenvalue weighted by molar-refractivity contribution is 5.77. The molecule has 9 rings (SSSR count). The molecule has 670 valence electrons. The predicted molar refractivity (Wildman–Crippen MR) is 417 cm³/mol. The number of Topliss-reactive ketones (excluding diaryl/α,β-unsaturated/α-hetero) is 2. The molecule has 9 fully saturated rings. The Bertz CT molecular complexity index is 2840. The fourth-order valence-corrected chi connectivity index (χ4v) is 14.7. The maximum atomic E-state index is 12.6. The third kappa shape index (κ3) is 35.7. The van der Waals surface area contributed by atoms with Gasteiger partial charge in [-0.25, -0.2) is 0 Å². The molecule has 1 amide bonds. The van der Waals surface area contributed by atoms with Crippen LogP contribution in [0.15, 0.2) is 0 Å². The smallest absolute Gasteiger partial charge is 0.306 e. The molecule has 0 aromatic rings. The Balaban J connectivity index is 0.000000287. The van der Waals surface area contributed by atoms with Gasteiger partial charge in [0, 0.05) is 71.4 Å². The monoisotopic (exact) mass is 1650 g/mol. The molecule has 14 atom stereocenters. The van der Waals surface area contributed by atoms with Gasteiger partial charge in [0.1, 0.15) is 91.4 Å². The van der Waals surface area contributed by atoms with E-state index in [1.165, 1.54) is 52.6 Å². The standard InChI is InChI=1S/C28H49NO8.2C23H38O10.C6H16N2.C2H6O2/c1-7-8-9-10-11-12-17-29-23(31)14-16-28(15-13-20(2)30)33-19-22(35-28)25-24(36-27(5,6)37-25)21-18-32-26(3,4)34-21;1-15(24)7-9-23(10-8-18(25)27-12-11-26-6)29-14-17(31-23)20-19(32-22(4,5)33-20)16-13-28-21(2,3)30-16;1-7-26-17(24)9-11-23(12-10-18(25)27-8-2)29-14-16(31-23)20-19(32-22(5,6)33-20)15-13-28-21(3,4)30-15;7-5-3-1-2-4-6-8;3-1-2-4/h21-22,24-25H,7-19H2,1-6H3,(H,29,31);16-17,19-20H,7-14H2,1-6H3;15-16,19-20H,7-14H2,1-6H3;1-8H2;3-4H,1-2H2/t21-,22+,24+,25+,28?;16-,17+,19+,20+,23?;15-,16+,19+,20+;;/m000../s1. The highest BCUT2D eigenvalue weighted by atomic mass is 16.8. The lowest BCUT2D eigenvalue weighted by molar-refractivity contribution is -0.201. The number of hydrogen-bond donors (Lipinski definition) is 5. The molecule has 2 unspecified atom stereocenters. The minimum absolute atomic E-state index is 0.0193. The number of rotatable bonds is 42. The SMILES string of the molecule is CCCCCCCCNC(=O)CCC1(CCC(C)=O)OC[C@H]([C@H]2OC(C)(C)O[C@@H]2[C@@H]2COC(C)(C)O2)O1.CCOC(=O)CCC1(CCC(=O)OCC)OC[C@H]([C@H]2OC(C)(C)O[C@@H]2[C@@H]2COC(C)(C)O2)O1.COCCOC(=O)CCC1(CCC(C)=O)OC[C@H]([C@H]2OC(C)(C)O[C@@H]2[C@@H]2COC(C)(C)O2)O1.NCCCCCCN.OCCO. The molecule has 0 aliphatic carbocycles. The van der Waals surface area contributed by atoms with Gasteiger partial charge in [0.05, 0.1) is 91.9 Å². The maximum Gasteiger partial charge on any atom is 0.306 e. The zero-order valence-electron chi connectivity index (χ0n) is 72.6. The van der Waals surface area contributed by atoms with Crippen LogP contribution in [-0.2, 0) is 133 Å². The first-order chi connectivity index (χ1) is 54.2. The Morgan fingerprint density at radius 3 is 0.930 bits per heavy atom. The number of amides is 1. The van der Waals surface area contributed by atoms with Crippen molar-refractivity contribution in [3.8, 4) is 0 Å². The van der Waals surface area contributed by atoms with Gasteiger partial charge in [-0.3, -0.25) is 19.2 Å². The summed E-state index contributed by atoms with van der Waals surface area (Å²) < 4.78 is 130. The van der Waals surface area contributed by atoms with Crippen LogP contribution in [0.3, 0.4) is 0 Å². The Hall–Kier alpha value is -3.70. The average molecular weight is 1660 g/mol. The van der Waals surface area contributed by atoms with Crippen molar-refractivity contribution in [3.05, 3.63) is 0 Å². The number of aliphatic hydroxyl groups excluding tert-OH is 2. The van der Waals surface area contributed by atoms with E-state index in [2.05, 4.69) is 12.2 Å². The highest BCUT2D eigenvalue weighted by Gasteiger charge is 2.60. The van der Waals surface area contributed by atoms with E-state index in [0.717, 1.165) is 38.8 Å². The van der Waals surface area contributed by atoms with Crippen molar-refractivity contribution in [2.24, 2.45) is 11.5 Å². The molecule has 9 saturated heterocycles. The van der Waals surface area contributed by atoms with Gasteiger partial charge >= 0.3 is 17.9 Å². The Kier molecular flexibility index (Phi) is 43.2. The topological polar surface area (TPSA) is 410 Å². The second kappa shape index (κ2) is 48.8. The fourth-order valence-electron chi connectivity index (χ4n) is 14.7. The predicted octanol–water partition coefficient (Wildman–Crippen LogP) is 8.40. The number of methoxy groups -OCH3 is 1. The van der Waals surface area contributed by atoms with E-state index >= 15 is 0 Å². The van der Waals surface area contributed by atoms with Crippen LogP contribution in [0.25, 0.3) is 0 Å². The van der Waals surface area contributed by atoms with Crippen molar-refractivity contribution in [1.82, 2.24) is 5.32 Å². The molecule has 0 spiro atoms. The van der Waals surface area contributed by atoms with E-state index in [1.54, 1.807) is 20.8 Å². The molecule has 115 heavy (non-hydrogen) atoms. The maximum absolute atomic E-state index is 12.6. The molecule has 0 saturated carbocycles. The van der Waals surface area contributed by atoms with Crippen LogP contribution in [0.2, 0.25) is 0 Å². The van der Waals surface area contributed by atoms with E-state index in [4.69, 9.17) is 126 Å². The van der Waals surface area contributed by atoms with E-state index in [9.17, 15) is 28.8 Å². The summed E-state index contributed by atoms with van der Waals surface area (Å²) in [5.74, 6) is -8.80. The average Bonchev–Trinajstić information content (AvgIpc) is 1.63. The van der Waals surface area contributed by atoms with Crippen LogP contribution in [0.5, 0.6) is 0 Å². The summed E-state index contributed by atoms with van der Waals surface area (Å²) in [6.07, 6.45) is 9.98. The molecule has 7 N–H and O–H groups in total. The van der Waals surface area contributed by atoms with Gasteiger partial charge in [-0.05, 0) is 143 Å². The van der Waals surface area contributed by atoms with Crippen molar-refractivity contribution < 1.29 is 143 Å². The van der Waals surface area contributed by atoms with Crippen LogP contribution < -0.4 is 16.8 Å². The molecule has 33 nitrogen and oxygen atoms in total. The van der Waals surface area contributed by atoms with E-state index in [1.807, 2.05) is 83.1 Å². The third-order valence-corrected chi connectivity index (χ3v) is 20.3. The summed E-state index contributed by atoms with van der Waals surface area (Å²) >= 11 is 0. The number of ether oxygens (including phenoxy) is 22. The number of nitrogens with one attached hydrogen (secondary N) is 1. The van der Waals surface area contributed by atoms with Crippen LogP contribution in [0.1, 0.15) is 259 Å². The summed E-state index contributed by atoms with van der Waals surface area (Å²) in [7, 11) is 1.54. The lowest BCUT2D eigenvalue weighted by Crippen LogP contribution is -2.46. The molecule has 0 aromatic heterocycles. The van der Waals surface area contributed by atoms with Crippen molar-refractivity contribution in [2.45, 2.75) is 384 Å². The Labute approximate surface area is 683 Å². The highest BCUT2D eigenvalue weighted by Crippen LogP contribution is 2.47. The van der Waals surface area contributed by atoms with Gasteiger partial charge in [0.15, 0.2) is 52.1 Å². The van der Waals surface area contributed by atoms with Gasteiger partial charge in [0.25, 0.3) is 0 Å². The molecular formula is C82H147N3O30. The fraction of sp³-hybridized carbons (Fsp3) is 0.927. The number of unbranched alkanes of at least 4 members (excludes halogenated alkanes) is 8. The van der Waals surface area contributed by atoms with Crippen molar-refractivity contribution in [3.63, 3.8) is 0 Å². The second-order valence-corrected chi connectivity index (χ2v) is 33.2. The summed E-state index contributed by atoms with van der Waals surface area (Å²) in [6, 6.07) is 0. The summed E-state index contributed by atoms with van der Waals surface area (Å²) in [6.45, 7) is 36.2. The molecule has 9 heterocycles. The normalized spacial score (nSPS) is 30.7. The van der Waals surface area contributed by atoms with E-state index in [0.29, 0.717) is 71.9 Å². The molecule has 0 radical (unpaired) electrons. The van der Waals surface area contributed by atoms with Crippen molar-refractivity contribution in [1.29, 1.82) is 0 Å². The zero-order valence-corrected chi connectivity index (χ0v) is 72.6. The number of nitrogens with two attached hydrogens (primary N) is 2. The second-order valence-electron chi connectivity index (χ2n) is 33.2. The molecule has 0 aromatic carbocycles. The minimum Gasteiger partial charge on any atom is -0.466 e. The molecule has 33 heteroatoms.